The third kappa shape index (κ3) is 3.02. The number of amides is 1. The number of rotatable bonds is 5. The van der Waals surface area contributed by atoms with Crippen molar-refractivity contribution in [2.75, 3.05) is 18.1 Å². The molecule has 0 spiro atoms. The molecule has 0 N–H and O–H groups in total. The molecule has 3 aromatic rings. The van der Waals surface area contributed by atoms with E-state index in [1.807, 2.05) is 48.7 Å². The molecule has 7 heteroatoms. The quantitative estimate of drug-likeness (QED) is 0.698. The number of aromatic nitrogens is 2. The molecule has 0 bridgehead atoms. The molecule has 0 aliphatic carbocycles. The van der Waals surface area contributed by atoms with Gasteiger partial charge in [0.05, 0.1) is 17.2 Å². The van der Waals surface area contributed by atoms with E-state index in [1.165, 1.54) is 0 Å². The van der Waals surface area contributed by atoms with Gasteiger partial charge < -0.3 is 14.2 Å². The largest absolute Gasteiger partial charge is 0.492 e. The molecule has 1 aliphatic rings. The van der Waals surface area contributed by atoms with Gasteiger partial charge in [0.15, 0.2) is 5.82 Å². The van der Waals surface area contributed by atoms with Crippen LogP contribution >= 0.6 is 11.3 Å². The number of anilines is 1. The van der Waals surface area contributed by atoms with Crippen LogP contribution in [-0.4, -0.2) is 29.2 Å². The molecule has 2 aromatic heterocycles. The van der Waals surface area contributed by atoms with Crippen LogP contribution in [0.4, 0.5) is 5.69 Å². The summed E-state index contributed by atoms with van der Waals surface area (Å²) in [7, 11) is 0. The highest BCUT2D eigenvalue weighted by Gasteiger charge is 2.35. The van der Waals surface area contributed by atoms with Crippen molar-refractivity contribution in [3.63, 3.8) is 0 Å². The summed E-state index contributed by atoms with van der Waals surface area (Å²) in [5, 5.41) is 6.05. The average molecular weight is 355 g/mol. The molecule has 1 saturated heterocycles. The maximum atomic E-state index is 12.5. The molecule has 6 nitrogen and oxygen atoms in total. The van der Waals surface area contributed by atoms with Crippen LogP contribution in [0.2, 0.25) is 0 Å². The summed E-state index contributed by atoms with van der Waals surface area (Å²) in [6.07, 6.45) is 0.365. The Morgan fingerprint density at radius 2 is 2.20 bits per heavy atom. The summed E-state index contributed by atoms with van der Waals surface area (Å²) in [6.45, 7) is 3.00. The number of thiophene rings is 1. The zero-order valence-electron chi connectivity index (χ0n) is 13.7. The lowest BCUT2D eigenvalue weighted by atomic mass is 10.1. The fraction of sp³-hybridized carbons (Fsp3) is 0.278. The Balaban J connectivity index is 1.57. The van der Waals surface area contributed by atoms with E-state index in [0.29, 0.717) is 37.0 Å². The molecule has 128 valence electrons. The standard InChI is InChI=1S/C18H17N3O3S/c1-2-23-14-7-4-3-6-13(14)21-11-12(10-16(21)22)17-19-18(24-20-17)15-8-5-9-25-15/h3-9,12H,2,10-11H2,1H3. The molecule has 3 heterocycles. The molecular formula is C18H17N3O3S. The third-order valence-corrected chi connectivity index (χ3v) is 4.98. The fourth-order valence-electron chi connectivity index (χ4n) is 2.97. The highest BCUT2D eigenvalue weighted by molar-refractivity contribution is 7.13. The normalized spacial score (nSPS) is 17.2. The first kappa shape index (κ1) is 15.8. The van der Waals surface area contributed by atoms with Crippen LogP contribution in [0, 0.1) is 0 Å². The van der Waals surface area contributed by atoms with Crippen molar-refractivity contribution in [1.82, 2.24) is 10.1 Å². The number of carbonyl (C=O) groups excluding carboxylic acids is 1. The van der Waals surface area contributed by atoms with E-state index in [1.54, 1.807) is 16.2 Å². The van der Waals surface area contributed by atoms with E-state index >= 15 is 0 Å². The molecule has 1 amide bonds. The maximum Gasteiger partial charge on any atom is 0.267 e. The Morgan fingerprint density at radius 3 is 3.00 bits per heavy atom. The van der Waals surface area contributed by atoms with E-state index < -0.39 is 0 Å². The van der Waals surface area contributed by atoms with Crippen LogP contribution in [-0.2, 0) is 4.79 Å². The van der Waals surface area contributed by atoms with Gasteiger partial charge in [-0.05, 0) is 30.5 Å². The first-order valence-electron chi connectivity index (χ1n) is 8.16. The van der Waals surface area contributed by atoms with Gasteiger partial charge >= 0.3 is 0 Å². The lowest BCUT2D eigenvalue weighted by Crippen LogP contribution is -2.25. The van der Waals surface area contributed by atoms with E-state index in [2.05, 4.69) is 10.1 Å². The van der Waals surface area contributed by atoms with Gasteiger partial charge in [-0.1, -0.05) is 23.4 Å². The topological polar surface area (TPSA) is 68.5 Å². The summed E-state index contributed by atoms with van der Waals surface area (Å²) in [5.41, 5.74) is 0.791. The van der Waals surface area contributed by atoms with E-state index in [0.717, 1.165) is 10.6 Å². The van der Waals surface area contributed by atoms with Gasteiger partial charge in [-0.15, -0.1) is 11.3 Å². The Hall–Kier alpha value is -2.67. The number of ether oxygens (including phenoxy) is 1. The smallest absolute Gasteiger partial charge is 0.267 e. The van der Waals surface area contributed by atoms with Crippen LogP contribution in [0.25, 0.3) is 10.8 Å². The highest BCUT2D eigenvalue weighted by atomic mass is 32.1. The summed E-state index contributed by atoms with van der Waals surface area (Å²) in [5.74, 6) is 1.75. The van der Waals surface area contributed by atoms with E-state index in [9.17, 15) is 4.79 Å². The van der Waals surface area contributed by atoms with Crippen molar-refractivity contribution >= 4 is 22.9 Å². The van der Waals surface area contributed by atoms with Crippen LogP contribution in [0.15, 0.2) is 46.3 Å². The van der Waals surface area contributed by atoms with E-state index in [4.69, 9.17) is 9.26 Å². The number of carbonyl (C=O) groups is 1. The Labute approximate surface area is 149 Å². The number of nitrogens with zero attached hydrogens (tertiary/aromatic N) is 3. The van der Waals surface area contributed by atoms with Gasteiger partial charge in [0, 0.05) is 18.9 Å². The molecule has 0 radical (unpaired) electrons. The fourth-order valence-corrected chi connectivity index (χ4v) is 3.62. The van der Waals surface area contributed by atoms with Gasteiger partial charge in [-0.2, -0.15) is 4.98 Å². The third-order valence-electron chi connectivity index (χ3n) is 4.12. The van der Waals surface area contributed by atoms with Crippen LogP contribution in [0.3, 0.4) is 0 Å². The summed E-state index contributed by atoms with van der Waals surface area (Å²) >= 11 is 1.55. The van der Waals surface area contributed by atoms with Crippen LogP contribution in [0.1, 0.15) is 25.1 Å². The van der Waals surface area contributed by atoms with Crippen molar-refractivity contribution in [3.05, 3.63) is 47.6 Å². The van der Waals surface area contributed by atoms with Crippen LogP contribution < -0.4 is 9.64 Å². The van der Waals surface area contributed by atoms with Crippen molar-refractivity contribution in [2.24, 2.45) is 0 Å². The first-order valence-corrected chi connectivity index (χ1v) is 9.04. The summed E-state index contributed by atoms with van der Waals surface area (Å²) in [6, 6.07) is 11.5. The zero-order valence-corrected chi connectivity index (χ0v) is 14.5. The Kier molecular flexibility index (Phi) is 4.23. The number of hydrogen-bond acceptors (Lipinski definition) is 6. The molecule has 0 saturated carbocycles. The Bertz CT molecular complexity index is 875. The summed E-state index contributed by atoms with van der Waals surface area (Å²) in [4.78, 5) is 19.7. The minimum absolute atomic E-state index is 0.0413. The maximum absolute atomic E-state index is 12.5. The van der Waals surface area contributed by atoms with Gasteiger partial charge in [0.2, 0.25) is 5.91 Å². The van der Waals surface area contributed by atoms with Crippen molar-refractivity contribution in [2.45, 2.75) is 19.3 Å². The second-order valence-electron chi connectivity index (χ2n) is 5.74. The summed E-state index contributed by atoms with van der Waals surface area (Å²) < 4.78 is 11.0. The predicted octanol–water partition coefficient (Wildman–Crippen LogP) is 3.72. The van der Waals surface area contributed by atoms with Gasteiger partial charge in [0.1, 0.15) is 5.75 Å². The lowest BCUT2D eigenvalue weighted by molar-refractivity contribution is -0.117. The Morgan fingerprint density at radius 1 is 1.32 bits per heavy atom. The van der Waals surface area contributed by atoms with Gasteiger partial charge in [0.25, 0.3) is 5.89 Å². The van der Waals surface area contributed by atoms with Crippen molar-refractivity contribution in [1.29, 1.82) is 0 Å². The molecule has 1 aromatic carbocycles. The average Bonchev–Trinajstić information content (AvgIpc) is 3.36. The molecule has 25 heavy (non-hydrogen) atoms. The molecule has 4 rings (SSSR count). The number of para-hydroxylation sites is 2. The molecule has 1 fully saturated rings. The monoisotopic (exact) mass is 355 g/mol. The minimum Gasteiger partial charge on any atom is -0.492 e. The SMILES string of the molecule is CCOc1ccccc1N1CC(c2noc(-c3cccs3)n2)CC1=O. The second kappa shape index (κ2) is 6.68. The van der Waals surface area contributed by atoms with Gasteiger partial charge in [-0.3, -0.25) is 4.79 Å². The second-order valence-corrected chi connectivity index (χ2v) is 6.69. The lowest BCUT2D eigenvalue weighted by Gasteiger charge is -2.19. The zero-order chi connectivity index (χ0) is 17.2. The molecular weight excluding hydrogens is 338 g/mol. The van der Waals surface area contributed by atoms with Crippen molar-refractivity contribution in [3.8, 4) is 16.5 Å². The van der Waals surface area contributed by atoms with Crippen molar-refractivity contribution < 1.29 is 14.1 Å². The predicted molar refractivity (Wildman–Crippen MR) is 94.9 cm³/mol. The first-order chi connectivity index (χ1) is 12.3. The van der Waals surface area contributed by atoms with Crippen LogP contribution in [0.5, 0.6) is 5.75 Å². The van der Waals surface area contributed by atoms with Gasteiger partial charge in [-0.25, -0.2) is 0 Å². The highest BCUT2D eigenvalue weighted by Crippen LogP contribution is 2.36. The molecule has 1 atom stereocenters. The molecule has 1 aliphatic heterocycles. The number of benzene rings is 1. The minimum atomic E-state index is -0.0837. The van der Waals surface area contributed by atoms with E-state index in [-0.39, 0.29) is 11.8 Å². The number of hydrogen-bond donors (Lipinski definition) is 0. The molecule has 1 unspecified atom stereocenters.